The molecule has 4 heteroatoms. The van der Waals surface area contributed by atoms with Gasteiger partial charge in [-0.25, -0.2) is 4.39 Å². The zero-order chi connectivity index (χ0) is 9.78. The Morgan fingerprint density at radius 1 is 1.33 bits per heavy atom. The highest BCUT2D eigenvalue weighted by Gasteiger charge is 2.38. The van der Waals surface area contributed by atoms with Crippen molar-refractivity contribution < 1.29 is 17.6 Å². The second-order valence-electron chi connectivity index (χ2n) is 2.34. The third-order valence-corrected chi connectivity index (χ3v) is 1.35. The summed E-state index contributed by atoms with van der Waals surface area (Å²) in [5, 5.41) is 0. The van der Waals surface area contributed by atoms with Gasteiger partial charge in [-0.15, -0.1) is 0 Å². The Morgan fingerprint density at radius 3 is 2.17 bits per heavy atom. The molecule has 0 heterocycles. The summed E-state index contributed by atoms with van der Waals surface area (Å²) in [6.45, 7) is 2.39. The minimum absolute atomic E-state index is 0.787. The lowest BCUT2D eigenvalue weighted by atomic mass is 10.1. The molecule has 0 fully saturated rings. The van der Waals surface area contributed by atoms with Crippen molar-refractivity contribution in [3.8, 4) is 0 Å². The van der Waals surface area contributed by atoms with Crippen LogP contribution in [-0.2, 0) is 0 Å². The predicted octanol–water partition coefficient (Wildman–Crippen LogP) is 3.61. The SMILES string of the molecule is C/C=C\C=C(\F)C(C)C(F)(F)F. The maximum atomic E-state index is 12.6. The second kappa shape index (κ2) is 4.28. The quantitative estimate of drug-likeness (QED) is 0.452. The van der Waals surface area contributed by atoms with Crippen LogP contribution >= 0.6 is 0 Å². The summed E-state index contributed by atoms with van der Waals surface area (Å²) in [5.74, 6) is -3.19. The molecule has 1 unspecified atom stereocenters. The van der Waals surface area contributed by atoms with Crippen LogP contribution in [0.2, 0.25) is 0 Å². The van der Waals surface area contributed by atoms with Crippen LogP contribution in [0.3, 0.4) is 0 Å². The van der Waals surface area contributed by atoms with Gasteiger partial charge in [-0.1, -0.05) is 12.2 Å². The van der Waals surface area contributed by atoms with E-state index in [0.717, 1.165) is 13.0 Å². The highest BCUT2D eigenvalue weighted by atomic mass is 19.4. The van der Waals surface area contributed by atoms with Gasteiger partial charge in [-0.3, -0.25) is 0 Å². The lowest BCUT2D eigenvalue weighted by molar-refractivity contribution is -0.163. The Bertz CT molecular complexity index is 188. The summed E-state index contributed by atoms with van der Waals surface area (Å²) in [5.41, 5.74) is 0. The second-order valence-corrected chi connectivity index (χ2v) is 2.34. The number of alkyl halides is 3. The normalized spacial score (nSPS) is 17.0. The number of halogens is 4. The fraction of sp³-hybridized carbons (Fsp3) is 0.500. The fourth-order valence-electron chi connectivity index (χ4n) is 0.489. The maximum absolute atomic E-state index is 12.6. The lowest BCUT2D eigenvalue weighted by Gasteiger charge is -2.12. The van der Waals surface area contributed by atoms with Gasteiger partial charge in [0.1, 0.15) is 11.7 Å². The molecule has 0 N–H and O–H groups in total. The first-order valence-corrected chi connectivity index (χ1v) is 3.44. The number of rotatable bonds is 2. The van der Waals surface area contributed by atoms with Gasteiger partial charge < -0.3 is 0 Å². The molecule has 0 nitrogen and oxygen atoms in total. The topological polar surface area (TPSA) is 0 Å². The average Bonchev–Trinajstić information content (AvgIpc) is 1.97. The number of hydrogen-bond acceptors (Lipinski definition) is 0. The summed E-state index contributed by atoms with van der Waals surface area (Å²) in [6.07, 6.45) is -0.986. The summed E-state index contributed by atoms with van der Waals surface area (Å²) in [4.78, 5) is 0. The predicted molar refractivity (Wildman–Crippen MR) is 39.2 cm³/mol. The van der Waals surface area contributed by atoms with Crippen molar-refractivity contribution in [2.24, 2.45) is 5.92 Å². The van der Waals surface area contributed by atoms with Gasteiger partial charge in [-0.2, -0.15) is 13.2 Å². The van der Waals surface area contributed by atoms with E-state index in [4.69, 9.17) is 0 Å². The number of allylic oxidation sites excluding steroid dienone is 4. The molecule has 0 rings (SSSR count). The van der Waals surface area contributed by atoms with E-state index in [9.17, 15) is 17.6 Å². The van der Waals surface area contributed by atoms with Crippen LogP contribution < -0.4 is 0 Å². The van der Waals surface area contributed by atoms with E-state index < -0.39 is 17.9 Å². The minimum Gasteiger partial charge on any atom is -0.211 e. The van der Waals surface area contributed by atoms with Crippen LogP contribution in [0, 0.1) is 5.92 Å². The van der Waals surface area contributed by atoms with Gasteiger partial charge in [0, 0.05) is 0 Å². The van der Waals surface area contributed by atoms with E-state index in [1.165, 1.54) is 12.2 Å². The Labute approximate surface area is 68.6 Å². The van der Waals surface area contributed by atoms with Crippen LogP contribution in [0.4, 0.5) is 17.6 Å². The minimum atomic E-state index is -4.50. The van der Waals surface area contributed by atoms with Crippen LogP contribution in [0.5, 0.6) is 0 Å². The van der Waals surface area contributed by atoms with E-state index in [2.05, 4.69) is 0 Å². The standard InChI is InChI=1S/C8H10F4/c1-3-4-5-7(9)6(2)8(10,11)12/h3-6H,1-2H3/b4-3-,7-5+. The fourth-order valence-corrected chi connectivity index (χ4v) is 0.489. The largest absolute Gasteiger partial charge is 0.397 e. The molecular weight excluding hydrogens is 172 g/mol. The molecule has 70 valence electrons. The van der Waals surface area contributed by atoms with Gasteiger partial charge in [0.2, 0.25) is 0 Å². The highest BCUT2D eigenvalue weighted by molar-refractivity contribution is 5.09. The molecule has 0 aliphatic heterocycles. The van der Waals surface area contributed by atoms with Gasteiger partial charge in [0.05, 0.1) is 0 Å². The number of hydrogen-bond donors (Lipinski definition) is 0. The van der Waals surface area contributed by atoms with Crippen molar-refractivity contribution in [2.75, 3.05) is 0 Å². The first-order chi connectivity index (χ1) is 5.39. The Kier molecular flexibility index (Phi) is 4.00. The molecule has 0 aliphatic carbocycles. The van der Waals surface area contributed by atoms with Gasteiger partial charge in [0.15, 0.2) is 0 Å². The smallest absolute Gasteiger partial charge is 0.211 e. The van der Waals surface area contributed by atoms with Crippen molar-refractivity contribution in [3.05, 3.63) is 24.1 Å². The van der Waals surface area contributed by atoms with Crippen LogP contribution in [0.15, 0.2) is 24.1 Å². The van der Waals surface area contributed by atoms with E-state index in [-0.39, 0.29) is 0 Å². The monoisotopic (exact) mass is 182 g/mol. The lowest BCUT2D eigenvalue weighted by Crippen LogP contribution is -2.20. The molecule has 1 atom stereocenters. The molecular formula is C8H10F4. The van der Waals surface area contributed by atoms with E-state index >= 15 is 0 Å². The highest BCUT2D eigenvalue weighted by Crippen LogP contribution is 2.31. The molecule has 0 bridgehead atoms. The summed E-state index contributed by atoms with van der Waals surface area (Å²) < 4.78 is 48.0. The zero-order valence-electron chi connectivity index (χ0n) is 6.82. The molecule has 12 heavy (non-hydrogen) atoms. The van der Waals surface area contributed by atoms with E-state index in [0.29, 0.717) is 0 Å². The van der Waals surface area contributed by atoms with Crippen molar-refractivity contribution in [2.45, 2.75) is 20.0 Å². The molecule has 0 aromatic rings. The summed E-state index contributed by atoms with van der Waals surface area (Å²) >= 11 is 0. The first-order valence-electron chi connectivity index (χ1n) is 3.44. The maximum Gasteiger partial charge on any atom is 0.397 e. The Morgan fingerprint density at radius 2 is 1.83 bits per heavy atom. The van der Waals surface area contributed by atoms with E-state index in [1.54, 1.807) is 6.92 Å². The van der Waals surface area contributed by atoms with Crippen LogP contribution in [-0.4, -0.2) is 6.18 Å². The van der Waals surface area contributed by atoms with Crippen molar-refractivity contribution in [3.63, 3.8) is 0 Å². The third-order valence-electron chi connectivity index (χ3n) is 1.35. The van der Waals surface area contributed by atoms with Crippen molar-refractivity contribution in [1.29, 1.82) is 0 Å². The molecule has 0 aromatic heterocycles. The molecule has 0 saturated carbocycles. The summed E-state index contributed by atoms with van der Waals surface area (Å²) in [6, 6.07) is 0. The molecule has 0 aliphatic rings. The third kappa shape index (κ3) is 3.55. The summed E-state index contributed by atoms with van der Waals surface area (Å²) in [7, 11) is 0. The van der Waals surface area contributed by atoms with Crippen molar-refractivity contribution >= 4 is 0 Å². The zero-order valence-corrected chi connectivity index (χ0v) is 6.82. The average molecular weight is 182 g/mol. The molecule has 0 radical (unpaired) electrons. The molecule has 0 amide bonds. The van der Waals surface area contributed by atoms with E-state index in [1.807, 2.05) is 0 Å². The molecule has 0 aromatic carbocycles. The van der Waals surface area contributed by atoms with Crippen LogP contribution in [0.25, 0.3) is 0 Å². The van der Waals surface area contributed by atoms with Gasteiger partial charge in [-0.05, 0) is 19.9 Å². The molecule has 0 saturated heterocycles. The van der Waals surface area contributed by atoms with Crippen LogP contribution in [0.1, 0.15) is 13.8 Å². The Hall–Kier alpha value is -0.800. The van der Waals surface area contributed by atoms with Gasteiger partial charge >= 0.3 is 6.18 Å². The molecule has 0 spiro atoms. The Balaban J connectivity index is 4.39. The first kappa shape index (κ1) is 11.2. The van der Waals surface area contributed by atoms with Gasteiger partial charge in [0.25, 0.3) is 0 Å². The van der Waals surface area contributed by atoms with Crippen molar-refractivity contribution in [1.82, 2.24) is 0 Å².